The summed E-state index contributed by atoms with van der Waals surface area (Å²) in [7, 11) is 0. The van der Waals surface area contributed by atoms with E-state index in [0.29, 0.717) is 0 Å². The van der Waals surface area contributed by atoms with Crippen LogP contribution in [0.3, 0.4) is 0 Å². The molecule has 100 valence electrons. The third kappa shape index (κ3) is 3.65. The summed E-state index contributed by atoms with van der Waals surface area (Å²) in [5.74, 6) is 0.0710. The summed E-state index contributed by atoms with van der Waals surface area (Å²) in [5.41, 5.74) is 3.65. The van der Waals surface area contributed by atoms with Crippen LogP contribution in [0.4, 0.5) is 0 Å². The van der Waals surface area contributed by atoms with Crippen molar-refractivity contribution in [1.29, 1.82) is 0 Å². The second-order valence-corrected chi connectivity index (χ2v) is 4.42. The summed E-state index contributed by atoms with van der Waals surface area (Å²) in [6.45, 7) is 1.56. The number of oxime groups is 1. The molecule has 0 spiro atoms. The lowest BCUT2D eigenvalue weighted by molar-refractivity contribution is 0.101. The summed E-state index contributed by atoms with van der Waals surface area (Å²) in [6, 6.07) is 15.1. The topological polar surface area (TPSA) is 49.7 Å². The molecule has 0 aliphatic rings. The van der Waals surface area contributed by atoms with Gasteiger partial charge in [0.05, 0.1) is 6.21 Å². The molecule has 0 bridgehead atoms. The molecule has 0 atom stereocenters. The molecule has 0 radical (unpaired) electrons. The van der Waals surface area contributed by atoms with Crippen molar-refractivity contribution in [2.45, 2.75) is 6.92 Å². The van der Waals surface area contributed by atoms with Gasteiger partial charge in [-0.1, -0.05) is 65.8 Å². The number of benzene rings is 2. The molecule has 0 fully saturated rings. The first-order chi connectivity index (χ1) is 9.69. The molecule has 2 rings (SSSR count). The zero-order chi connectivity index (χ0) is 14.4. The van der Waals surface area contributed by atoms with Gasteiger partial charge in [-0.15, -0.1) is 0 Å². The largest absolute Gasteiger partial charge is 0.411 e. The highest BCUT2D eigenvalue weighted by molar-refractivity contribution is 5.94. The number of ketones is 1. The normalized spacial score (nSPS) is 11.2. The third-order valence-electron chi connectivity index (χ3n) is 2.93. The van der Waals surface area contributed by atoms with E-state index in [1.807, 2.05) is 60.7 Å². The van der Waals surface area contributed by atoms with Crippen LogP contribution in [0.5, 0.6) is 0 Å². The van der Waals surface area contributed by atoms with Crippen LogP contribution in [-0.2, 0) is 0 Å². The Kier molecular flexibility index (Phi) is 4.45. The van der Waals surface area contributed by atoms with Gasteiger partial charge in [0.2, 0.25) is 0 Å². The van der Waals surface area contributed by atoms with E-state index in [-0.39, 0.29) is 5.78 Å². The van der Waals surface area contributed by atoms with E-state index in [2.05, 4.69) is 5.16 Å². The maximum absolute atomic E-state index is 11.2. The number of carbonyl (C=O) groups is 1. The van der Waals surface area contributed by atoms with Crippen molar-refractivity contribution in [3.05, 3.63) is 70.8 Å². The number of nitrogens with zero attached hydrogens (tertiary/aromatic N) is 1. The minimum absolute atomic E-state index is 0.0710. The maximum atomic E-state index is 11.2. The van der Waals surface area contributed by atoms with Crippen molar-refractivity contribution in [3.63, 3.8) is 0 Å². The average Bonchev–Trinajstić information content (AvgIpc) is 2.47. The summed E-state index contributed by atoms with van der Waals surface area (Å²) < 4.78 is 0. The van der Waals surface area contributed by atoms with E-state index in [1.54, 1.807) is 6.92 Å². The molecule has 2 aromatic rings. The fourth-order valence-corrected chi connectivity index (χ4v) is 1.78. The van der Waals surface area contributed by atoms with Crippen LogP contribution >= 0.6 is 0 Å². The number of carbonyl (C=O) groups excluding carboxylic acids is 1. The molecule has 20 heavy (non-hydrogen) atoms. The molecule has 1 N–H and O–H groups in total. The highest BCUT2D eigenvalue weighted by Crippen LogP contribution is 2.11. The van der Waals surface area contributed by atoms with E-state index < -0.39 is 0 Å². The number of rotatable bonds is 4. The van der Waals surface area contributed by atoms with E-state index in [9.17, 15) is 4.79 Å². The Bertz CT molecular complexity index is 638. The van der Waals surface area contributed by atoms with E-state index in [0.717, 1.165) is 22.3 Å². The van der Waals surface area contributed by atoms with Crippen LogP contribution in [0.1, 0.15) is 34.0 Å². The standard InChI is InChI=1S/C17H15NO2/c1-13(19)17-10-8-15(9-11-17)3-2-14-4-6-16(7-5-14)12-18-20/h2-12,20H,1H3/b3-2+,18-12+. The predicted molar refractivity (Wildman–Crippen MR) is 81.2 cm³/mol. The summed E-state index contributed by atoms with van der Waals surface area (Å²) in [4.78, 5) is 11.2. The molecule has 0 saturated carbocycles. The van der Waals surface area contributed by atoms with Gasteiger partial charge in [-0.05, 0) is 23.6 Å². The van der Waals surface area contributed by atoms with Gasteiger partial charge in [0.15, 0.2) is 5.78 Å². The van der Waals surface area contributed by atoms with Crippen LogP contribution < -0.4 is 0 Å². The molecule has 0 heterocycles. The van der Waals surface area contributed by atoms with Crippen molar-refractivity contribution < 1.29 is 10.0 Å². The fourth-order valence-electron chi connectivity index (χ4n) is 1.78. The first kappa shape index (κ1) is 13.7. The Labute approximate surface area is 117 Å². The Hall–Kier alpha value is -2.68. The highest BCUT2D eigenvalue weighted by Gasteiger charge is 1.97. The van der Waals surface area contributed by atoms with Crippen LogP contribution in [0.2, 0.25) is 0 Å². The lowest BCUT2D eigenvalue weighted by Crippen LogP contribution is -1.90. The van der Waals surface area contributed by atoms with Crippen molar-refractivity contribution in [2.24, 2.45) is 5.16 Å². The van der Waals surface area contributed by atoms with Gasteiger partial charge in [-0.2, -0.15) is 0 Å². The lowest BCUT2D eigenvalue weighted by Gasteiger charge is -1.98. The van der Waals surface area contributed by atoms with Gasteiger partial charge in [0, 0.05) is 5.56 Å². The van der Waals surface area contributed by atoms with Crippen LogP contribution in [0.25, 0.3) is 12.2 Å². The van der Waals surface area contributed by atoms with Crippen molar-refractivity contribution in [2.75, 3.05) is 0 Å². The average molecular weight is 265 g/mol. The zero-order valence-corrected chi connectivity index (χ0v) is 11.2. The van der Waals surface area contributed by atoms with Gasteiger partial charge in [0.1, 0.15) is 0 Å². The van der Waals surface area contributed by atoms with Crippen molar-refractivity contribution >= 4 is 24.1 Å². The van der Waals surface area contributed by atoms with Crippen LogP contribution in [0, 0.1) is 0 Å². The summed E-state index contributed by atoms with van der Waals surface area (Å²) in [5, 5.41) is 11.4. The Morgan fingerprint density at radius 1 is 0.900 bits per heavy atom. The summed E-state index contributed by atoms with van der Waals surface area (Å²) in [6.07, 6.45) is 5.36. The molecule has 3 heteroatoms. The summed E-state index contributed by atoms with van der Waals surface area (Å²) >= 11 is 0. The number of Topliss-reactive ketones (excluding diaryl/α,β-unsaturated/α-hetero) is 1. The van der Waals surface area contributed by atoms with E-state index in [1.165, 1.54) is 6.21 Å². The molecule has 0 saturated heterocycles. The van der Waals surface area contributed by atoms with E-state index in [4.69, 9.17) is 5.21 Å². The monoisotopic (exact) mass is 265 g/mol. The Morgan fingerprint density at radius 3 is 1.80 bits per heavy atom. The van der Waals surface area contributed by atoms with Gasteiger partial charge < -0.3 is 5.21 Å². The molecule has 0 aromatic heterocycles. The molecule has 2 aromatic carbocycles. The third-order valence-corrected chi connectivity index (χ3v) is 2.93. The minimum Gasteiger partial charge on any atom is -0.411 e. The van der Waals surface area contributed by atoms with Gasteiger partial charge in [0.25, 0.3) is 0 Å². The SMILES string of the molecule is CC(=O)c1ccc(/C=C/c2ccc(/C=N/O)cc2)cc1. The van der Waals surface area contributed by atoms with Crippen molar-refractivity contribution in [3.8, 4) is 0 Å². The van der Waals surface area contributed by atoms with Crippen LogP contribution in [0.15, 0.2) is 53.7 Å². The molecule has 0 unspecified atom stereocenters. The molecule has 0 amide bonds. The second kappa shape index (κ2) is 6.48. The molecule has 0 aliphatic carbocycles. The van der Waals surface area contributed by atoms with Gasteiger partial charge >= 0.3 is 0 Å². The van der Waals surface area contributed by atoms with Gasteiger partial charge in [-0.3, -0.25) is 4.79 Å². The fraction of sp³-hybridized carbons (Fsp3) is 0.0588. The molecular weight excluding hydrogens is 250 g/mol. The van der Waals surface area contributed by atoms with E-state index >= 15 is 0 Å². The minimum atomic E-state index is 0.0710. The second-order valence-electron chi connectivity index (χ2n) is 4.42. The Morgan fingerprint density at radius 2 is 1.35 bits per heavy atom. The highest BCUT2D eigenvalue weighted by atomic mass is 16.4. The molecular formula is C17H15NO2. The maximum Gasteiger partial charge on any atom is 0.159 e. The predicted octanol–water partition coefficient (Wildman–Crippen LogP) is 3.87. The van der Waals surface area contributed by atoms with Gasteiger partial charge in [-0.25, -0.2) is 0 Å². The first-order valence-electron chi connectivity index (χ1n) is 6.25. The number of hydrogen-bond donors (Lipinski definition) is 1. The van der Waals surface area contributed by atoms with Crippen molar-refractivity contribution in [1.82, 2.24) is 0 Å². The zero-order valence-electron chi connectivity index (χ0n) is 11.2. The Balaban J connectivity index is 2.10. The smallest absolute Gasteiger partial charge is 0.159 e. The first-order valence-corrected chi connectivity index (χ1v) is 6.25. The quantitative estimate of drug-likeness (QED) is 0.300. The number of hydrogen-bond acceptors (Lipinski definition) is 3. The van der Waals surface area contributed by atoms with Crippen LogP contribution in [-0.4, -0.2) is 17.2 Å². The molecule has 3 nitrogen and oxygen atoms in total. The molecule has 0 aliphatic heterocycles. The lowest BCUT2D eigenvalue weighted by atomic mass is 10.1.